The number of nitrogens with two attached hydrogens (primary N) is 1. The Bertz CT molecular complexity index is 706. The predicted molar refractivity (Wildman–Crippen MR) is 94.2 cm³/mol. The molecule has 1 aliphatic rings. The number of hydrogen-bond acceptors (Lipinski definition) is 4. The Morgan fingerprint density at radius 3 is 2.30 bits per heavy atom. The molecule has 1 heterocycles. The third kappa shape index (κ3) is 5.77. The van der Waals surface area contributed by atoms with Gasteiger partial charge >= 0.3 is 12.3 Å². The average molecular weight is 387 g/mol. The lowest BCUT2D eigenvalue weighted by Gasteiger charge is -2.33. The first-order chi connectivity index (χ1) is 12.4. The SMILES string of the molecule is CC(C)(C)OC(=O)N1CCC(NC(=O)c2ccc(N)c(C(F)(F)F)c2)CC1. The van der Waals surface area contributed by atoms with Crippen molar-refractivity contribution < 1.29 is 27.5 Å². The van der Waals surface area contributed by atoms with Crippen molar-refractivity contribution >= 4 is 17.7 Å². The quantitative estimate of drug-likeness (QED) is 0.762. The van der Waals surface area contributed by atoms with Gasteiger partial charge in [-0.15, -0.1) is 0 Å². The average Bonchev–Trinajstić information content (AvgIpc) is 2.53. The highest BCUT2D eigenvalue weighted by Crippen LogP contribution is 2.34. The number of nitrogen functional groups attached to an aromatic ring is 1. The van der Waals surface area contributed by atoms with Gasteiger partial charge in [0.25, 0.3) is 5.91 Å². The molecule has 1 aromatic rings. The molecule has 27 heavy (non-hydrogen) atoms. The Hall–Kier alpha value is -2.45. The molecule has 1 fully saturated rings. The van der Waals surface area contributed by atoms with Crippen molar-refractivity contribution in [2.45, 2.75) is 51.4 Å². The van der Waals surface area contributed by atoms with E-state index in [9.17, 15) is 22.8 Å². The fourth-order valence-corrected chi connectivity index (χ4v) is 2.74. The second kappa shape index (κ2) is 7.66. The maximum absolute atomic E-state index is 12.9. The molecular weight excluding hydrogens is 363 g/mol. The van der Waals surface area contributed by atoms with E-state index in [0.29, 0.717) is 25.9 Å². The summed E-state index contributed by atoms with van der Waals surface area (Å²) in [5, 5.41) is 2.72. The molecule has 0 saturated carbocycles. The summed E-state index contributed by atoms with van der Waals surface area (Å²) >= 11 is 0. The van der Waals surface area contributed by atoms with Crippen LogP contribution >= 0.6 is 0 Å². The Labute approximate surface area is 155 Å². The smallest absolute Gasteiger partial charge is 0.418 e. The fraction of sp³-hybridized carbons (Fsp3) is 0.556. The molecule has 1 saturated heterocycles. The van der Waals surface area contributed by atoms with Gasteiger partial charge in [0.1, 0.15) is 5.60 Å². The zero-order valence-electron chi connectivity index (χ0n) is 15.5. The number of carbonyl (C=O) groups excluding carboxylic acids is 2. The van der Waals surface area contributed by atoms with Crippen molar-refractivity contribution in [1.82, 2.24) is 10.2 Å². The van der Waals surface area contributed by atoms with Gasteiger partial charge in [-0.2, -0.15) is 13.2 Å². The molecule has 0 radical (unpaired) electrons. The van der Waals surface area contributed by atoms with Crippen molar-refractivity contribution in [3.63, 3.8) is 0 Å². The Balaban J connectivity index is 1.94. The summed E-state index contributed by atoms with van der Waals surface area (Å²) in [6.45, 7) is 6.13. The van der Waals surface area contributed by atoms with Crippen molar-refractivity contribution in [3.8, 4) is 0 Å². The highest BCUT2D eigenvalue weighted by molar-refractivity contribution is 5.95. The topological polar surface area (TPSA) is 84.7 Å². The number of halogens is 3. The van der Waals surface area contributed by atoms with Crippen LogP contribution in [0.1, 0.15) is 49.5 Å². The molecule has 0 spiro atoms. The molecule has 9 heteroatoms. The monoisotopic (exact) mass is 387 g/mol. The Morgan fingerprint density at radius 2 is 1.78 bits per heavy atom. The molecular formula is C18H24F3N3O3. The Morgan fingerprint density at radius 1 is 1.19 bits per heavy atom. The minimum atomic E-state index is -4.63. The molecule has 1 aromatic carbocycles. The minimum Gasteiger partial charge on any atom is -0.444 e. The first-order valence-electron chi connectivity index (χ1n) is 8.62. The number of ether oxygens (including phenoxy) is 1. The zero-order valence-corrected chi connectivity index (χ0v) is 15.5. The van der Waals surface area contributed by atoms with Crippen LogP contribution in [0.4, 0.5) is 23.7 Å². The van der Waals surface area contributed by atoms with Crippen molar-refractivity contribution in [2.24, 2.45) is 0 Å². The lowest BCUT2D eigenvalue weighted by atomic mass is 10.0. The largest absolute Gasteiger partial charge is 0.444 e. The van der Waals surface area contributed by atoms with Crippen LogP contribution in [-0.4, -0.2) is 41.6 Å². The van der Waals surface area contributed by atoms with Crippen LogP contribution in [0.2, 0.25) is 0 Å². The van der Waals surface area contributed by atoms with E-state index in [4.69, 9.17) is 10.5 Å². The lowest BCUT2D eigenvalue weighted by molar-refractivity contribution is -0.136. The zero-order chi connectivity index (χ0) is 20.4. The van der Waals surface area contributed by atoms with Crippen molar-refractivity contribution in [2.75, 3.05) is 18.8 Å². The highest BCUT2D eigenvalue weighted by Gasteiger charge is 2.34. The number of carbonyl (C=O) groups is 2. The van der Waals surface area contributed by atoms with Gasteiger partial charge in [0.15, 0.2) is 0 Å². The standard InChI is InChI=1S/C18H24F3N3O3/c1-17(2,3)27-16(26)24-8-6-12(7-9-24)23-15(25)11-4-5-14(22)13(10-11)18(19,20)21/h4-5,10,12H,6-9,22H2,1-3H3,(H,23,25). The summed E-state index contributed by atoms with van der Waals surface area (Å²) in [6.07, 6.45) is -4.06. The molecule has 150 valence electrons. The van der Waals surface area contributed by atoms with Gasteiger partial charge in [-0.25, -0.2) is 4.79 Å². The third-order valence-corrected chi connectivity index (χ3v) is 4.10. The maximum Gasteiger partial charge on any atom is 0.418 e. The molecule has 3 N–H and O–H groups in total. The number of benzene rings is 1. The van der Waals surface area contributed by atoms with E-state index in [1.165, 1.54) is 6.07 Å². The van der Waals surface area contributed by atoms with Gasteiger partial charge in [0, 0.05) is 30.4 Å². The summed E-state index contributed by atoms with van der Waals surface area (Å²) in [5.41, 5.74) is 3.19. The summed E-state index contributed by atoms with van der Waals surface area (Å²) in [5.74, 6) is -0.601. The van der Waals surface area contributed by atoms with E-state index < -0.39 is 35.0 Å². The minimum absolute atomic E-state index is 0.105. The van der Waals surface area contributed by atoms with Crippen molar-refractivity contribution in [1.29, 1.82) is 0 Å². The Kier molecular flexibility index (Phi) is 5.91. The summed E-state index contributed by atoms with van der Waals surface area (Å²) in [4.78, 5) is 25.9. The van der Waals surface area contributed by atoms with Gasteiger partial charge < -0.3 is 20.7 Å². The predicted octanol–water partition coefficient (Wildman–Crippen LogP) is 3.42. The van der Waals surface area contributed by atoms with E-state index in [1.807, 2.05) is 0 Å². The van der Waals surface area contributed by atoms with Gasteiger partial charge in [-0.1, -0.05) is 0 Å². The molecule has 0 atom stereocenters. The first-order valence-corrected chi connectivity index (χ1v) is 8.62. The number of amides is 2. The number of nitrogens with one attached hydrogen (secondary N) is 1. The van der Waals surface area contributed by atoms with Crippen molar-refractivity contribution in [3.05, 3.63) is 29.3 Å². The van der Waals surface area contributed by atoms with Gasteiger partial charge in [0.05, 0.1) is 5.56 Å². The molecule has 0 aliphatic carbocycles. The number of piperidine rings is 1. The number of nitrogens with zero attached hydrogens (tertiary/aromatic N) is 1. The van der Waals surface area contributed by atoms with E-state index in [0.717, 1.165) is 12.1 Å². The highest BCUT2D eigenvalue weighted by atomic mass is 19.4. The molecule has 0 unspecified atom stereocenters. The van der Waals surface area contributed by atoms with Crippen LogP contribution in [0.15, 0.2) is 18.2 Å². The van der Waals surface area contributed by atoms with E-state index >= 15 is 0 Å². The number of alkyl halides is 3. The second-order valence-electron chi connectivity index (χ2n) is 7.51. The lowest BCUT2D eigenvalue weighted by Crippen LogP contribution is -2.47. The third-order valence-electron chi connectivity index (χ3n) is 4.10. The van der Waals surface area contributed by atoms with Crippen LogP contribution < -0.4 is 11.1 Å². The summed E-state index contributed by atoms with van der Waals surface area (Å²) < 4.78 is 44.1. The molecule has 6 nitrogen and oxygen atoms in total. The summed E-state index contributed by atoms with van der Waals surface area (Å²) in [7, 11) is 0. The number of rotatable bonds is 2. The number of likely N-dealkylation sites (tertiary alicyclic amines) is 1. The normalized spacial score (nSPS) is 16.1. The first kappa shape index (κ1) is 20.9. The molecule has 1 aliphatic heterocycles. The number of anilines is 1. The van der Waals surface area contributed by atoms with Gasteiger partial charge in [-0.05, 0) is 51.8 Å². The van der Waals surface area contributed by atoms with Crippen LogP contribution in [0.3, 0.4) is 0 Å². The van der Waals surface area contributed by atoms with E-state index in [2.05, 4.69) is 5.32 Å². The van der Waals surface area contributed by atoms with E-state index in [1.54, 1.807) is 25.7 Å². The van der Waals surface area contributed by atoms with E-state index in [-0.39, 0.29) is 11.6 Å². The maximum atomic E-state index is 12.9. The molecule has 2 amide bonds. The second-order valence-corrected chi connectivity index (χ2v) is 7.51. The van der Waals surface area contributed by atoms with Crippen LogP contribution in [0.5, 0.6) is 0 Å². The summed E-state index contributed by atoms with van der Waals surface area (Å²) in [6, 6.07) is 2.85. The fourth-order valence-electron chi connectivity index (χ4n) is 2.74. The van der Waals surface area contributed by atoms with Gasteiger partial charge in [0.2, 0.25) is 0 Å². The molecule has 0 aromatic heterocycles. The van der Waals surface area contributed by atoms with Crippen LogP contribution in [0.25, 0.3) is 0 Å². The van der Waals surface area contributed by atoms with Crippen LogP contribution in [-0.2, 0) is 10.9 Å². The molecule has 0 bridgehead atoms. The molecule has 2 rings (SSSR count). The van der Waals surface area contributed by atoms with Crippen LogP contribution in [0, 0.1) is 0 Å². The van der Waals surface area contributed by atoms with Gasteiger partial charge in [-0.3, -0.25) is 4.79 Å². The number of hydrogen-bond donors (Lipinski definition) is 2.